The first-order valence-electron chi connectivity index (χ1n) is 5.97. The number of anilines is 1. The average molecular weight is 276 g/mol. The lowest BCUT2D eigenvalue weighted by Gasteiger charge is -2.16. The molecule has 1 atom stereocenters. The topological polar surface area (TPSA) is 81.0 Å². The van der Waals surface area contributed by atoms with E-state index >= 15 is 0 Å². The molecule has 1 unspecified atom stereocenters. The summed E-state index contributed by atoms with van der Waals surface area (Å²) in [4.78, 5) is 18.7. The third-order valence-electron chi connectivity index (χ3n) is 2.86. The highest BCUT2D eigenvalue weighted by Crippen LogP contribution is 2.28. The highest BCUT2D eigenvalue weighted by atomic mass is 19.1. The number of nitrogens with zero attached hydrogens (tertiary/aromatic N) is 3. The summed E-state index contributed by atoms with van der Waals surface area (Å²) in [5.74, 6) is -0.541. The number of nitrogens with one attached hydrogen (secondary N) is 1. The maximum absolute atomic E-state index is 13.3. The van der Waals surface area contributed by atoms with Crippen LogP contribution >= 0.6 is 0 Å². The van der Waals surface area contributed by atoms with Crippen LogP contribution in [0.2, 0.25) is 0 Å². The van der Waals surface area contributed by atoms with E-state index in [0.29, 0.717) is 11.4 Å². The van der Waals surface area contributed by atoms with Crippen LogP contribution in [0.15, 0.2) is 30.6 Å². The van der Waals surface area contributed by atoms with E-state index in [4.69, 9.17) is 0 Å². The Morgan fingerprint density at radius 3 is 2.70 bits per heavy atom. The third-order valence-corrected chi connectivity index (χ3v) is 2.86. The molecule has 2 aromatic rings. The minimum Gasteiger partial charge on any atom is -0.371 e. The summed E-state index contributed by atoms with van der Waals surface area (Å²) >= 11 is 0. The Morgan fingerprint density at radius 1 is 1.35 bits per heavy atom. The van der Waals surface area contributed by atoms with E-state index in [1.807, 2.05) is 0 Å². The van der Waals surface area contributed by atoms with E-state index in [1.54, 1.807) is 26.2 Å². The van der Waals surface area contributed by atoms with Crippen LogP contribution in [0.3, 0.4) is 0 Å². The zero-order valence-electron chi connectivity index (χ0n) is 11.0. The molecule has 104 valence electrons. The molecule has 7 heteroatoms. The molecule has 1 heterocycles. The Bertz CT molecular complexity index is 648. The molecule has 0 saturated carbocycles. The highest BCUT2D eigenvalue weighted by Gasteiger charge is 2.18. The molecule has 1 aromatic heterocycles. The first kappa shape index (κ1) is 13.9. The molecule has 6 nitrogen and oxygen atoms in total. The Morgan fingerprint density at radius 2 is 2.05 bits per heavy atom. The molecule has 0 bridgehead atoms. The van der Waals surface area contributed by atoms with Gasteiger partial charge in [0.15, 0.2) is 0 Å². The van der Waals surface area contributed by atoms with Gasteiger partial charge in [-0.15, -0.1) is 0 Å². The monoisotopic (exact) mass is 276 g/mol. The fourth-order valence-electron chi connectivity index (χ4n) is 1.93. The second-order valence-corrected chi connectivity index (χ2v) is 4.31. The molecule has 0 radical (unpaired) electrons. The van der Waals surface area contributed by atoms with E-state index in [9.17, 15) is 14.5 Å². The highest BCUT2D eigenvalue weighted by molar-refractivity contribution is 5.62. The van der Waals surface area contributed by atoms with Crippen LogP contribution in [-0.2, 0) is 0 Å². The maximum atomic E-state index is 13.3. The number of aryl methyl sites for hydroxylation is 1. The van der Waals surface area contributed by atoms with Crippen molar-refractivity contribution in [2.24, 2.45) is 0 Å². The van der Waals surface area contributed by atoms with Gasteiger partial charge in [-0.25, -0.2) is 4.39 Å². The standard InChI is InChI=1S/C13H13FN4O2/c1-8-13(16-6-5-15-8)9(2)17-11-7-10(14)3-4-12(11)18(19)20/h3-7,9,17H,1-2H3. The molecule has 0 spiro atoms. The van der Waals surface area contributed by atoms with Gasteiger partial charge in [-0.05, 0) is 19.9 Å². The van der Waals surface area contributed by atoms with Crippen molar-refractivity contribution in [2.75, 3.05) is 5.32 Å². The molecule has 1 N–H and O–H groups in total. The van der Waals surface area contributed by atoms with Gasteiger partial charge in [0.1, 0.15) is 11.5 Å². The zero-order valence-corrected chi connectivity index (χ0v) is 11.0. The van der Waals surface area contributed by atoms with E-state index in [0.717, 1.165) is 18.2 Å². The van der Waals surface area contributed by atoms with Crippen molar-refractivity contribution in [3.8, 4) is 0 Å². The number of benzene rings is 1. The van der Waals surface area contributed by atoms with Gasteiger partial charge in [-0.2, -0.15) is 0 Å². The molecule has 2 rings (SSSR count). The van der Waals surface area contributed by atoms with Crippen molar-refractivity contribution in [2.45, 2.75) is 19.9 Å². The fraction of sp³-hybridized carbons (Fsp3) is 0.231. The normalized spacial score (nSPS) is 11.9. The summed E-state index contributed by atoms with van der Waals surface area (Å²) in [5, 5.41) is 13.8. The lowest BCUT2D eigenvalue weighted by Crippen LogP contribution is -2.12. The number of nitro groups is 1. The smallest absolute Gasteiger partial charge is 0.292 e. The second kappa shape index (κ2) is 5.60. The third kappa shape index (κ3) is 2.87. The number of hydrogen-bond donors (Lipinski definition) is 1. The number of nitro benzene ring substituents is 1. The summed E-state index contributed by atoms with van der Waals surface area (Å²) < 4.78 is 13.3. The first-order valence-corrected chi connectivity index (χ1v) is 5.97. The Hall–Kier alpha value is -2.57. The van der Waals surface area contributed by atoms with Crippen molar-refractivity contribution < 1.29 is 9.31 Å². The summed E-state index contributed by atoms with van der Waals surface area (Å²) in [6, 6.07) is 2.96. The van der Waals surface area contributed by atoms with Crippen molar-refractivity contribution in [3.05, 3.63) is 57.9 Å². The summed E-state index contributed by atoms with van der Waals surface area (Å²) in [6.07, 6.45) is 3.11. The van der Waals surface area contributed by atoms with E-state index in [-0.39, 0.29) is 17.4 Å². The molecule has 20 heavy (non-hydrogen) atoms. The van der Waals surface area contributed by atoms with Crippen LogP contribution in [0.5, 0.6) is 0 Å². The minimum absolute atomic E-state index is 0.118. The number of aromatic nitrogens is 2. The lowest BCUT2D eigenvalue weighted by molar-refractivity contribution is -0.384. The van der Waals surface area contributed by atoms with Crippen LogP contribution in [0.25, 0.3) is 0 Å². The number of rotatable bonds is 4. The van der Waals surface area contributed by atoms with Gasteiger partial charge in [0, 0.05) is 24.5 Å². The molecule has 0 saturated heterocycles. The molecule has 1 aromatic carbocycles. The lowest BCUT2D eigenvalue weighted by atomic mass is 10.1. The van der Waals surface area contributed by atoms with Gasteiger partial charge < -0.3 is 5.32 Å². The summed E-state index contributed by atoms with van der Waals surface area (Å²) in [7, 11) is 0. The summed E-state index contributed by atoms with van der Waals surface area (Å²) in [6.45, 7) is 3.58. The quantitative estimate of drug-likeness (QED) is 0.685. The Labute approximate surface area is 114 Å². The van der Waals surface area contributed by atoms with Gasteiger partial charge in [-0.1, -0.05) is 0 Å². The average Bonchev–Trinajstić information content (AvgIpc) is 2.38. The van der Waals surface area contributed by atoms with Crippen LogP contribution in [0.4, 0.5) is 15.8 Å². The van der Waals surface area contributed by atoms with Crippen LogP contribution in [-0.4, -0.2) is 14.9 Å². The molecule has 0 amide bonds. The molecular weight excluding hydrogens is 263 g/mol. The Balaban J connectivity index is 2.32. The predicted octanol–water partition coefficient (Wildman–Crippen LogP) is 3.01. The van der Waals surface area contributed by atoms with Crippen LogP contribution < -0.4 is 5.32 Å². The van der Waals surface area contributed by atoms with Crippen molar-refractivity contribution in [1.29, 1.82) is 0 Å². The fourth-order valence-corrected chi connectivity index (χ4v) is 1.93. The maximum Gasteiger partial charge on any atom is 0.292 e. The van der Waals surface area contributed by atoms with E-state index in [2.05, 4.69) is 15.3 Å². The largest absolute Gasteiger partial charge is 0.371 e. The van der Waals surface area contributed by atoms with Gasteiger partial charge in [0.2, 0.25) is 0 Å². The molecular formula is C13H13FN4O2. The second-order valence-electron chi connectivity index (χ2n) is 4.31. The van der Waals surface area contributed by atoms with Gasteiger partial charge in [0.05, 0.1) is 22.4 Å². The van der Waals surface area contributed by atoms with Crippen LogP contribution in [0.1, 0.15) is 24.4 Å². The molecule has 0 aliphatic rings. The summed E-state index contributed by atoms with van der Waals surface area (Å²) in [5.41, 5.74) is 1.31. The van der Waals surface area contributed by atoms with Crippen molar-refractivity contribution in [3.63, 3.8) is 0 Å². The van der Waals surface area contributed by atoms with Gasteiger partial charge >= 0.3 is 0 Å². The van der Waals surface area contributed by atoms with E-state index < -0.39 is 10.7 Å². The molecule has 0 fully saturated rings. The van der Waals surface area contributed by atoms with Gasteiger partial charge in [0.25, 0.3) is 5.69 Å². The van der Waals surface area contributed by atoms with Gasteiger partial charge in [-0.3, -0.25) is 20.1 Å². The van der Waals surface area contributed by atoms with Crippen LogP contribution in [0, 0.1) is 22.9 Å². The number of halogens is 1. The van der Waals surface area contributed by atoms with Crippen molar-refractivity contribution >= 4 is 11.4 Å². The molecule has 0 aliphatic heterocycles. The predicted molar refractivity (Wildman–Crippen MR) is 71.9 cm³/mol. The van der Waals surface area contributed by atoms with Crippen molar-refractivity contribution in [1.82, 2.24) is 9.97 Å². The SMILES string of the molecule is Cc1nccnc1C(C)Nc1cc(F)ccc1[N+](=O)[O-]. The van der Waals surface area contributed by atoms with E-state index in [1.165, 1.54) is 0 Å². The zero-order chi connectivity index (χ0) is 14.7. The number of hydrogen-bond acceptors (Lipinski definition) is 5. The minimum atomic E-state index is -0.558. The molecule has 0 aliphatic carbocycles. The first-order chi connectivity index (χ1) is 9.49. The Kier molecular flexibility index (Phi) is 3.88.